The van der Waals surface area contributed by atoms with Crippen molar-refractivity contribution in [2.24, 2.45) is 11.1 Å². The van der Waals surface area contributed by atoms with Crippen molar-refractivity contribution in [3.8, 4) is 0 Å². The van der Waals surface area contributed by atoms with Gasteiger partial charge in [-0.1, -0.05) is 0 Å². The fourth-order valence-electron chi connectivity index (χ4n) is 1.71. The van der Waals surface area contributed by atoms with Gasteiger partial charge in [0.2, 0.25) is 0 Å². The van der Waals surface area contributed by atoms with E-state index in [1.165, 1.54) is 7.11 Å². The number of methoxy groups -OCH3 is 1. The van der Waals surface area contributed by atoms with Gasteiger partial charge in [-0.05, 0) is 12.8 Å². The highest BCUT2D eigenvalue weighted by Crippen LogP contribution is 2.32. The summed E-state index contributed by atoms with van der Waals surface area (Å²) in [6.07, 6.45) is 0.741. The number of ketones is 1. The average Bonchev–Trinajstić information content (AvgIpc) is 2.27. The van der Waals surface area contributed by atoms with E-state index < -0.39 is 11.4 Å². The molecule has 1 aliphatic rings. The van der Waals surface area contributed by atoms with Crippen LogP contribution in [0.4, 0.5) is 0 Å². The van der Waals surface area contributed by atoms with Crippen molar-refractivity contribution in [1.82, 2.24) is 0 Å². The fraction of sp³-hybridized carbons (Fsp3) is 0.778. The Balaban J connectivity index is 2.87. The molecule has 0 aromatic heterocycles. The molecule has 0 unspecified atom stereocenters. The summed E-state index contributed by atoms with van der Waals surface area (Å²) >= 11 is 0. The van der Waals surface area contributed by atoms with E-state index in [-0.39, 0.29) is 12.3 Å². The molecule has 1 heterocycles. The second-order valence-electron chi connectivity index (χ2n) is 3.31. The molecule has 0 aromatic carbocycles. The van der Waals surface area contributed by atoms with Crippen LogP contribution >= 0.6 is 0 Å². The molecule has 0 bridgehead atoms. The Morgan fingerprint density at radius 1 is 1.43 bits per heavy atom. The molecule has 0 atom stereocenters. The van der Waals surface area contributed by atoms with E-state index in [1.807, 2.05) is 0 Å². The first-order valence-corrected chi connectivity index (χ1v) is 4.57. The number of esters is 1. The SMILES string of the molecule is COC(=O)C1(C(=O)CN)CCOCC1. The second kappa shape index (κ2) is 4.52. The summed E-state index contributed by atoms with van der Waals surface area (Å²) < 4.78 is 9.76. The van der Waals surface area contributed by atoms with Gasteiger partial charge in [-0.15, -0.1) is 0 Å². The van der Waals surface area contributed by atoms with Crippen molar-refractivity contribution in [1.29, 1.82) is 0 Å². The average molecular weight is 201 g/mol. The van der Waals surface area contributed by atoms with Crippen LogP contribution < -0.4 is 5.73 Å². The lowest BCUT2D eigenvalue weighted by molar-refractivity contribution is -0.163. The normalized spacial score (nSPS) is 20.1. The van der Waals surface area contributed by atoms with E-state index in [0.717, 1.165) is 0 Å². The van der Waals surface area contributed by atoms with Gasteiger partial charge in [-0.2, -0.15) is 0 Å². The Labute approximate surface area is 82.5 Å². The Hall–Kier alpha value is -0.940. The van der Waals surface area contributed by atoms with Crippen LogP contribution in [0.1, 0.15) is 12.8 Å². The molecule has 14 heavy (non-hydrogen) atoms. The number of carbonyl (C=O) groups is 2. The van der Waals surface area contributed by atoms with Gasteiger partial charge in [-0.25, -0.2) is 0 Å². The Kier molecular flexibility index (Phi) is 3.60. The lowest BCUT2D eigenvalue weighted by Crippen LogP contribution is -2.47. The van der Waals surface area contributed by atoms with Crippen molar-refractivity contribution in [3.05, 3.63) is 0 Å². The standard InChI is InChI=1S/C9H15NO4/c1-13-8(12)9(7(11)6-10)2-4-14-5-3-9/h2-6,10H2,1H3. The minimum absolute atomic E-state index is 0.130. The van der Waals surface area contributed by atoms with Crippen LogP contribution in [0.15, 0.2) is 0 Å². The largest absolute Gasteiger partial charge is 0.468 e. The van der Waals surface area contributed by atoms with E-state index in [4.69, 9.17) is 10.5 Å². The third kappa shape index (κ3) is 1.78. The number of nitrogens with two attached hydrogens (primary N) is 1. The summed E-state index contributed by atoms with van der Waals surface area (Å²) in [5.41, 5.74) is 4.23. The molecule has 5 heteroatoms. The summed E-state index contributed by atoms with van der Waals surface area (Å²) in [7, 11) is 1.28. The van der Waals surface area contributed by atoms with Crippen LogP contribution in [0.2, 0.25) is 0 Å². The molecule has 0 amide bonds. The number of carbonyl (C=O) groups excluding carboxylic acids is 2. The molecular formula is C9H15NO4. The zero-order chi connectivity index (χ0) is 10.6. The third-order valence-electron chi connectivity index (χ3n) is 2.64. The lowest BCUT2D eigenvalue weighted by atomic mass is 9.76. The summed E-state index contributed by atoms with van der Waals surface area (Å²) in [5, 5.41) is 0. The van der Waals surface area contributed by atoms with Gasteiger partial charge < -0.3 is 15.2 Å². The maximum atomic E-state index is 11.6. The Bertz CT molecular complexity index is 215. The summed E-state index contributed by atoms with van der Waals surface area (Å²) in [5.74, 6) is -0.746. The van der Waals surface area contributed by atoms with E-state index in [1.54, 1.807) is 0 Å². The van der Waals surface area contributed by atoms with Gasteiger partial charge in [0, 0.05) is 13.2 Å². The number of ether oxygens (including phenoxy) is 2. The molecule has 1 rings (SSSR count). The molecule has 2 N–H and O–H groups in total. The number of rotatable bonds is 3. The lowest BCUT2D eigenvalue weighted by Gasteiger charge is -2.32. The number of hydrogen-bond acceptors (Lipinski definition) is 5. The summed E-state index contributed by atoms with van der Waals surface area (Å²) in [6.45, 7) is 0.677. The van der Waals surface area contributed by atoms with Crippen molar-refractivity contribution in [2.75, 3.05) is 26.9 Å². The van der Waals surface area contributed by atoms with E-state index in [9.17, 15) is 9.59 Å². The molecular weight excluding hydrogens is 186 g/mol. The number of Topliss-reactive ketones (excluding diaryl/α,β-unsaturated/α-hetero) is 1. The Morgan fingerprint density at radius 3 is 2.43 bits per heavy atom. The van der Waals surface area contributed by atoms with Crippen LogP contribution in [0, 0.1) is 5.41 Å². The second-order valence-corrected chi connectivity index (χ2v) is 3.31. The zero-order valence-electron chi connectivity index (χ0n) is 8.25. The maximum absolute atomic E-state index is 11.6. The van der Waals surface area contributed by atoms with E-state index in [0.29, 0.717) is 26.1 Å². The Morgan fingerprint density at radius 2 is 2.00 bits per heavy atom. The van der Waals surface area contributed by atoms with Gasteiger partial charge in [-0.3, -0.25) is 9.59 Å². The predicted molar refractivity (Wildman–Crippen MR) is 48.6 cm³/mol. The van der Waals surface area contributed by atoms with E-state index >= 15 is 0 Å². The minimum Gasteiger partial charge on any atom is -0.468 e. The van der Waals surface area contributed by atoms with Crippen molar-refractivity contribution in [3.63, 3.8) is 0 Å². The topological polar surface area (TPSA) is 78.6 Å². The third-order valence-corrected chi connectivity index (χ3v) is 2.64. The smallest absolute Gasteiger partial charge is 0.319 e. The summed E-state index contributed by atoms with van der Waals surface area (Å²) in [4.78, 5) is 23.1. The first-order valence-electron chi connectivity index (χ1n) is 4.57. The van der Waals surface area contributed by atoms with Crippen LogP contribution in [0.25, 0.3) is 0 Å². The molecule has 0 saturated carbocycles. The highest BCUT2D eigenvalue weighted by Gasteiger charge is 2.46. The van der Waals surface area contributed by atoms with Gasteiger partial charge in [0.15, 0.2) is 5.78 Å². The van der Waals surface area contributed by atoms with Crippen molar-refractivity contribution in [2.45, 2.75) is 12.8 Å². The van der Waals surface area contributed by atoms with Gasteiger partial charge in [0.25, 0.3) is 0 Å². The van der Waals surface area contributed by atoms with Crippen molar-refractivity contribution >= 4 is 11.8 Å². The molecule has 5 nitrogen and oxygen atoms in total. The van der Waals surface area contributed by atoms with Gasteiger partial charge in [0.1, 0.15) is 5.41 Å². The van der Waals surface area contributed by atoms with E-state index in [2.05, 4.69) is 4.74 Å². The molecule has 0 aliphatic carbocycles. The highest BCUT2D eigenvalue weighted by molar-refractivity contribution is 6.04. The van der Waals surface area contributed by atoms with Gasteiger partial charge >= 0.3 is 5.97 Å². The van der Waals surface area contributed by atoms with Crippen LogP contribution in [0.3, 0.4) is 0 Å². The molecule has 0 radical (unpaired) electrons. The first kappa shape index (κ1) is 11.1. The summed E-state index contributed by atoms with van der Waals surface area (Å²) in [6, 6.07) is 0. The van der Waals surface area contributed by atoms with Gasteiger partial charge in [0.05, 0.1) is 13.7 Å². The fourth-order valence-corrected chi connectivity index (χ4v) is 1.71. The molecule has 0 spiro atoms. The monoisotopic (exact) mass is 201 g/mol. The molecule has 0 aromatic rings. The minimum atomic E-state index is -1.05. The molecule has 1 saturated heterocycles. The molecule has 1 aliphatic heterocycles. The van der Waals surface area contributed by atoms with Crippen LogP contribution in [-0.4, -0.2) is 38.6 Å². The highest BCUT2D eigenvalue weighted by atomic mass is 16.5. The van der Waals surface area contributed by atoms with Crippen LogP contribution in [-0.2, 0) is 19.1 Å². The molecule has 80 valence electrons. The number of hydrogen-bond donors (Lipinski definition) is 1. The van der Waals surface area contributed by atoms with Crippen LogP contribution in [0.5, 0.6) is 0 Å². The maximum Gasteiger partial charge on any atom is 0.319 e. The quantitative estimate of drug-likeness (QED) is 0.491. The molecule has 1 fully saturated rings. The predicted octanol–water partition coefficient (Wildman–Crippen LogP) is -0.516. The zero-order valence-corrected chi connectivity index (χ0v) is 8.25. The van der Waals surface area contributed by atoms with Crippen molar-refractivity contribution < 1.29 is 19.1 Å². The first-order chi connectivity index (χ1) is 6.67.